The summed E-state index contributed by atoms with van der Waals surface area (Å²) in [6.45, 7) is 7.60. The zero-order chi connectivity index (χ0) is 22.6. The Balaban J connectivity index is 2.31. The van der Waals surface area contributed by atoms with Gasteiger partial charge in [-0.2, -0.15) is 0 Å². The van der Waals surface area contributed by atoms with E-state index < -0.39 is 17.1 Å². The van der Waals surface area contributed by atoms with E-state index in [1.54, 1.807) is 6.92 Å². The van der Waals surface area contributed by atoms with Gasteiger partial charge in [0.15, 0.2) is 0 Å². The molecular weight excluding hydrogens is 431 g/mol. The number of nitrogens with zero attached hydrogens (tertiary/aromatic N) is 2. The highest BCUT2D eigenvalue weighted by Crippen LogP contribution is 2.36. The summed E-state index contributed by atoms with van der Waals surface area (Å²) in [6, 6.07) is 3.77. The minimum Gasteiger partial charge on any atom is -0.469 e. The number of hydrogen-bond donors (Lipinski definition) is 0. The van der Waals surface area contributed by atoms with Crippen LogP contribution in [0.3, 0.4) is 0 Å². The Morgan fingerprint density at radius 2 is 1.97 bits per heavy atom. The molecule has 1 unspecified atom stereocenters. The van der Waals surface area contributed by atoms with Gasteiger partial charge in [-0.3, -0.25) is 9.59 Å². The molecule has 0 fully saturated rings. The number of aromatic nitrogens is 2. The summed E-state index contributed by atoms with van der Waals surface area (Å²) in [6.07, 6.45) is 1.52. The molecule has 0 aliphatic rings. The van der Waals surface area contributed by atoms with Gasteiger partial charge in [-0.25, -0.2) is 13.8 Å². The van der Waals surface area contributed by atoms with Gasteiger partial charge in [0, 0.05) is 35.4 Å². The Morgan fingerprint density at radius 3 is 2.60 bits per heavy atom. The number of esters is 1. The van der Waals surface area contributed by atoms with Crippen molar-refractivity contribution in [1.29, 1.82) is 0 Å². The van der Waals surface area contributed by atoms with Crippen molar-refractivity contribution in [2.24, 2.45) is 7.05 Å². The Labute approximate surface area is 183 Å². The second kappa shape index (κ2) is 10.1. The molecule has 0 saturated carbocycles. The number of carbonyl (C=O) groups excluding carboxylic acids is 1. The fourth-order valence-electron chi connectivity index (χ4n) is 2.78. The van der Waals surface area contributed by atoms with Gasteiger partial charge in [0.05, 0.1) is 17.8 Å². The molecule has 0 spiro atoms. The summed E-state index contributed by atoms with van der Waals surface area (Å²) in [7, 11) is 2.86. The second-order valence-electron chi connectivity index (χ2n) is 6.88. The number of methoxy groups -OCH3 is 1. The molecule has 9 heteroatoms. The van der Waals surface area contributed by atoms with Gasteiger partial charge < -0.3 is 9.30 Å². The van der Waals surface area contributed by atoms with E-state index in [1.807, 2.05) is 6.92 Å². The van der Waals surface area contributed by atoms with Crippen molar-refractivity contribution >= 4 is 29.3 Å². The molecule has 2 aromatic rings. The number of aryl methyl sites for hydroxylation is 1. The van der Waals surface area contributed by atoms with Crippen LogP contribution >= 0.6 is 23.4 Å². The highest BCUT2D eigenvalue weighted by atomic mass is 35.5. The minimum atomic E-state index is -0.767. The molecule has 0 amide bonds. The molecular formula is C21H24ClFN2O4S. The quantitative estimate of drug-likeness (QED) is 0.342. The lowest BCUT2D eigenvalue weighted by Crippen LogP contribution is -2.38. The van der Waals surface area contributed by atoms with Crippen molar-refractivity contribution in [3.63, 3.8) is 0 Å². The largest absolute Gasteiger partial charge is 0.469 e. The zero-order valence-corrected chi connectivity index (χ0v) is 18.9. The van der Waals surface area contributed by atoms with Crippen LogP contribution in [0.2, 0.25) is 5.02 Å². The summed E-state index contributed by atoms with van der Waals surface area (Å²) in [5.41, 5.74) is -0.0576. The molecule has 0 N–H and O–H groups in total. The third-order valence-electron chi connectivity index (χ3n) is 4.79. The molecule has 1 heterocycles. The minimum absolute atomic E-state index is 0.0870. The molecule has 0 saturated heterocycles. The van der Waals surface area contributed by atoms with Crippen molar-refractivity contribution in [2.45, 2.75) is 43.3 Å². The maximum atomic E-state index is 14.6. The smallest absolute Gasteiger partial charge is 0.335 e. The van der Waals surface area contributed by atoms with Crippen LogP contribution in [0.5, 0.6) is 0 Å². The third-order valence-corrected chi connectivity index (χ3v) is 6.49. The van der Waals surface area contributed by atoms with Crippen molar-refractivity contribution in [1.82, 2.24) is 9.13 Å². The number of ether oxygens (including phenoxy) is 1. The van der Waals surface area contributed by atoms with E-state index in [0.29, 0.717) is 29.9 Å². The fourth-order valence-corrected chi connectivity index (χ4v) is 4.08. The van der Waals surface area contributed by atoms with Crippen LogP contribution in [0.15, 0.2) is 44.8 Å². The second-order valence-corrected chi connectivity index (χ2v) is 8.67. The van der Waals surface area contributed by atoms with Crippen LogP contribution in [0, 0.1) is 12.7 Å². The number of carbonyl (C=O) groups is 1. The van der Waals surface area contributed by atoms with Crippen molar-refractivity contribution in [2.75, 3.05) is 7.11 Å². The standard InChI is InChI=1S/C21H24ClFN2O4S/c1-12(7-6-8-20(27)29-5)14(3)30-18-11-17(16(23)10-15(18)22)25-19(26)9-13(2)24(4)21(25)28/h9-11,14H,1,6-8H2,2-5H3. The summed E-state index contributed by atoms with van der Waals surface area (Å²) in [5, 5.41) is 0.0866. The normalized spacial score (nSPS) is 11.9. The Kier molecular flexibility index (Phi) is 8.09. The van der Waals surface area contributed by atoms with Gasteiger partial charge in [-0.1, -0.05) is 23.8 Å². The van der Waals surface area contributed by atoms with E-state index in [2.05, 4.69) is 11.3 Å². The molecule has 0 aliphatic heterocycles. The first kappa shape index (κ1) is 24.0. The monoisotopic (exact) mass is 454 g/mol. The number of rotatable bonds is 8. The van der Waals surface area contributed by atoms with E-state index in [-0.39, 0.29) is 21.9 Å². The first-order valence-corrected chi connectivity index (χ1v) is 10.5. The van der Waals surface area contributed by atoms with Gasteiger partial charge in [0.25, 0.3) is 5.56 Å². The Hall–Kier alpha value is -2.32. The topological polar surface area (TPSA) is 70.3 Å². The van der Waals surface area contributed by atoms with E-state index in [4.69, 9.17) is 11.6 Å². The SMILES string of the molecule is C=C(CCCC(=O)OC)C(C)Sc1cc(-n2c(=O)cc(C)n(C)c2=O)c(F)cc1Cl. The zero-order valence-electron chi connectivity index (χ0n) is 17.3. The summed E-state index contributed by atoms with van der Waals surface area (Å²) in [4.78, 5) is 36.7. The van der Waals surface area contributed by atoms with Crippen molar-refractivity contribution in [3.8, 4) is 5.69 Å². The maximum absolute atomic E-state index is 14.6. The number of thioether (sulfide) groups is 1. The molecule has 0 radical (unpaired) electrons. The predicted molar refractivity (Wildman–Crippen MR) is 117 cm³/mol. The van der Waals surface area contributed by atoms with E-state index >= 15 is 0 Å². The van der Waals surface area contributed by atoms with Crippen LogP contribution in [0.1, 0.15) is 31.9 Å². The van der Waals surface area contributed by atoms with Crippen LogP contribution in [0.4, 0.5) is 4.39 Å². The summed E-state index contributed by atoms with van der Waals surface area (Å²) >= 11 is 7.56. The molecule has 6 nitrogen and oxygen atoms in total. The lowest BCUT2D eigenvalue weighted by molar-refractivity contribution is -0.140. The van der Waals surface area contributed by atoms with Crippen molar-refractivity contribution < 1.29 is 13.9 Å². The van der Waals surface area contributed by atoms with Gasteiger partial charge in [-0.05, 0) is 38.8 Å². The van der Waals surface area contributed by atoms with Gasteiger partial charge >= 0.3 is 11.7 Å². The highest BCUT2D eigenvalue weighted by Gasteiger charge is 2.18. The van der Waals surface area contributed by atoms with Crippen LogP contribution in [-0.4, -0.2) is 27.5 Å². The lowest BCUT2D eigenvalue weighted by atomic mass is 10.1. The van der Waals surface area contributed by atoms with Crippen LogP contribution in [0.25, 0.3) is 5.69 Å². The fraction of sp³-hybridized carbons (Fsp3) is 0.381. The molecule has 2 rings (SSSR count). The van der Waals surface area contributed by atoms with Crippen LogP contribution in [-0.2, 0) is 16.6 Å². The van der Waals surface area contributed by atoms with E-state index in [9.17, 15) is 18.8 Å². The molecule has 162 valence electrons. The summed E-state index contributed by atoms with van der Waals surface area (Å²) < 4.78 is 21.3. The molecule has 1 atom stereocenters. The lowest BCUT2D eigenvalue weighted by Gasteiger charge is -2.17. The molecule has 30 heavy (non-hydrogen) atoms. The van der Waals surface area contributed by atoms with Gasteiger partial charge in [-0.15, -0.1) is 11.8 Å². The first-order valence-electron chi connectivity index (χ1n) is 9.27. The number of hydrogen-bond acceptors (Lipinski definition) is 5. The molecule has 1 aromatic carbocycles. The maximum Gasteiger partial charge on any atom is 0.335 e. The average molecular weight is 455 g/mol. The van der Waals surface area contributed by atoms with Crippen LogP contribution < -0.4 is 11.2 Å². The summed E-state index contributed by atoms with van der Waals surface area (Å²) in [5.74, 6) is -1.04. The van der Waals surface area contributed by atoms with Gasteiger partial charge in [0.2, 0.25) is 0 Å². The average Bonchev–Trinajstić information content (AvgIpc) is 2.69. The highest BCUT2D eigenvalue weighted by molar-refractivity contribution is 8.00. The Bertz CT molecular complexity index is 1090. The first-order chi connectivity index (χ1) is 14.1. The van der Waals surface area contributed by atoms with Crippen molar-refractivity contribution in [3.05, 3.63) is 67.7 Å². The predicted octanol–water partition coefficient (Wildman–Crippen LogP) is 4.02. The number of halogens is 2. The molecule has 1 aromatic heterocycles. The molecule has 0 bridgehead atoms. The third kappa shape index (κ3) is 5.43. The number of benzene rings is 1. The van der Waals surface area contributed by atoms with E-state index in [0.717, 1.165) is 16.2 Å². The Morgan fingerprint density at radius 1 is 1.30 bits per heavy atom. The molecule has 0 aliphatic carbocycles. The van der Waals surface area contributed by atoms with Gasteiger partial charge in [0.1, 0.15) is 5.82 Å². The van der Waals surface area contributed by atoms with E-state index in [1.165, 1.54) is 42.6 Å².